The molecular formula is C18H17ClNO5-. The summed E-state index contributed by atoms with van der Waals surface area (Å²) in [7, 11) is 2.97. The molecule has 0 fully saturated rings. The Bertz CT molecular complexity index is 778. The molecule has 1 atom stereocenters. The number of carbonyl (C=O) groups excluding carboxylic acids is 2. The highest BCUT2D eigenvalue weighted by Gasteiger charge is 2.18. The minimum atomic E-state index is -1.29. The first-order valence-electron chi connectivity index (χ1n) is 7.42. The van der Waals surface area contributed by atoms with E-state index < -0.39 is 17.9 Å². The van der Waals surface area contributed by atoms with E-state index in [9.17, 15) is 14.7 Å². The van der Waals surface area contributed by atoms with Crippen molar-refractivity contribution < 1.29 is 24.2 Å². The molecule has 0 aliphatic heterocycles. The van der Waals surface area contributed by atoms with Crippen LogP contribution in [0.15, 0.2) is 42.5 Å². The van der Waals surface area contributed by atoms with Gasteiger partial charge in [-0.25, -0.2) is 0 Å². The van der Waals surface area contributed by atoms with Gasteiger partial charge in [0.15, 0.2) is 11.5 Å². The lowest BCUT2D eigenvalue weighted by atomic mass is 10.0. The van der Waals surface area contributed by atoms with E-state index in [0.717, 1.165) is 0 Å². The highest BCUT2D eigenvalue weighted by molar-refractivity contribution is 6.30. The first-order valence-corrected chi connectivity index (χ1v) is 7.80. The van der Waals surface area contributed by atoms with Crippen LogP contribution in [-0.4, -0.2) is 26.1 Å². The molecule has 2 aromatic rings. The van der Waals surface area contributed by atoms with Crippen LogP contribution in [0.4, 0.5) is 0 Å². The van der Waals surface area contributed by atoms with Gasteiger partial charge >= 0.3 is 0 Å². The van der Waals surface area contributed by atoms with Crippen LogP contribution >= 0.6 is 11.6 Å². The molecule has 2 rings (SSSR count). The first-order chi connectivity index (χ1) is 11.9. The third-order valence-corrected chi connectivity index (χ3v) is 3.81. The highest BCUT2D eigenvalue weighted by atomic mass is 35.5. The average molecular weight is 363 g/mol. The Morgan fingerprint density at radius 3 is 2.44 bits per heavy atom. The van der Waals surface area contributed by atoms with Gasteiger partial charge in [-0.05, 0) is 35.9 Å². The maximum absolute atomic E-state index is 12.4. The van der Waals surface area contributed by atoms with Crippen LogP contribution in [0, 0.1) is 0 Å². The Morgan fingerprint density at radius 2 is 1.84 bits per heavy atom. The lowest BCUT2D eigenvalue weighted by Gasteiger charge is -2.21. The maximum atomic E-state index is 12.4. The maximum Gasteiger partial charge on any atom is 0.251 e. The number of carboxylic acid groups (broad SMARTS) is 1. The van der Waals surface area contributed by atoms with Crippen LogP contribution in [0.25, 0.3) is 0 Å². The van der Waals surface area contributed by atoms with Gasteiger partial charge in [0.05, 0.1) is 20.3 Å². The fourth-order valence-corrected chi connectivity index (χ4v) is 2.55. The largest absolute Gasteiger partial charge is 0.550 e. The second-order valence-corrected chi connectivity index (χ2v) is 5.66. The Labute approximate surface area is 150 Å². The predicted molar refractivity (Wildman–Crippen MR) is 90.8 cm³/mol. The third kappa shape index (κ3) is 4.87. The molecule has 0 spiro atoms. The van der Waals surface area contributed by atoms with E-state index >= 15 is 0 Å². The molecule has 6 nitrogen and oxygen atoms in total. The van der Waals surface area contributed by atoms with Crippen LogP contribution in [-0.2, 0) is 4.79 Å². The fraction of sp³-hybridized carbons (Fsp3) is 0.222. The topological polar surface area (TPSA) is 87.7 Å². The Morgan fingerprint density at radius 1 is 1.12 bits per heavy atom. The van der Waals surface area contributed by atoms with Crippen molar-refractivity contribution >= 4 is 23.5 Å². The number of ether oxygens (including phenoxy) is 2. The van der Waals surface area contributed by atoms with Crippen LogP contribution in [0.1, 0.15) is 28.4 Å². The zero-order valence-electron chi connectivity index (χ0n) is 13.7. The minimum Gasteiger partial charge on any atom is -0.550 e. The molecule has 0 aliphatic carbocycles. The molecule has 0 heterocycles. The van der Waals surface area contributed by atoms with Crippen molar-refractivity contribution in [3.63, 3.8) is 0 Å². The molecule has 1 unspecified atom stereocenters. The van der Waals surface area contributed by atoms with E-state index in [0.29, 0.717) is 27.6 Å². The summed E-state index contributed by atoms with van der Waals surface area (Å²) in [5.41, 5.74) is 0.883. The number of carboxylic acids is 1. The number of rotatable bonds is 7. The Hall–Kier alpha value is -2.73. The molecule has 0 aliphatic rings. The second kappa shape index (κ2) is 8.39. The molecule has 0 radical (unpaired) electrons. The molecule has 0 bridgehead atoms. The number of hydrogen-bond donors (Lipinski definition) is 1. The summed E-state index contributed by atoms with van der Waals surface area (Å²) < 4.78 is 10.4. The van der Waals surface area contributed by atoms with Crippen molar-refractivity contribution in [2.45, 2.75) is 12.5 Å². The van der Waals surface area contributed by atoms with Crippen LogP contribution in [0.3, 0.4) is 0 Å². The Kier molecular flexibility index (Phi) is 6.25. The number of amides is 1. The molecule has 132 valence electrons. The summed E-state index contributed by atoms with van der Waals surface area (Å²) in [4.78, 5) is 23.5. The molecular weight excluding hydrogens is 346 g/mol. The number of nitrogens with one attached hydrogen (secondary N) is 1. The summed E-state index contributed by atoms with van der Waals surface area (Å²) in [5, 5.41) is 14.2. The zero-order valence-corrected chi connectivity index (χ0v) is 14.5. The predicted octanol–water partition coefficient (Wildman–Crippen LogP) is 1.97. The van der Waals surface area contributed by atoms with Crippen molar-refractivity contribution in [1.29, 1.82) is 0 Å². The third-order valence-electron chi connectivity index (χ3n) is 3.57. The fourth-order valence-electron chi connectivity index (χ4n) is 2.36. The normalized spacial score (nSPS) is 11.5. The summed E-state index contributed by atoms with van der Waals surface area (Å²) in [6.45, 7) is 0. The zero-order chi connectivity index (χ0) is 18.4. The quantitative estimate of drug-likeness (QED) is 0.813. The smallest absolute Gasteiger partial charge is 0.251 e. The highest BCUT2D eigenvalue weighted by Crippen LogP contribution is 2.31. The number of methoxy groups -OCH3 is 2. The molecule has 1 amide bonds. The van der Waals surface area contributed by atoms with Crippen LogP contribution in [0.5, 0.6) is 11.5 Å². The van der Waals surface area contributed by atoms with Crippen molar-refractivity contribution in [2.24, 2.45) is 0 Å². The number of hydrogen-bond acceptors (Lipinski definition) is 5. The molecule has 0 aromatic heterocycles. The van der Waals surface area contributed by atoms with Gasteiger partial charge in [-0.1, -0.05) is 23.7 Å². The van der Waals surface area contributed by atoms with Crippen LogP contribution in [0.2, 0.25) is 5.02 Å². The first kappa shape index (κ1) is 18.6. The molecule has 2 aromatic carbocycles. The number of benzene rings is 2. The van der Waals surface area contributed by atoms with Crippen molar-refractivity contribution in [3.8, 4) is 11.5 Å². The lowest BCUT2D eigenvalue weighted by molar-refractivity contribution is -0.306. The van der Waals surface area contributed by atoms with E-state index in [2.05, 4.69) is 5.32 Å². The second-order valence-electron chi connectivity index (χ2n) is 5.23. The van der Waals surface area contributed by atoms with Gasteiger partial charge in [0.2, 0.25) is 0 Å². The standard InChI is InChI=1S/C18H18ClNO5/c1-24-15-7-6-11(9-16(15)25-2)14(10-17(21)22)20-18(23)12-4-3-5-13(19)8-12/h3-9,14H,10H2,1-2H3,(H,20,23)(H,21,22)/p-1. The van der Waals surface area contributed by atoms with E-state index in [1.807, 2.05) is 0 Å². The number of halogens is 1. The van der Waals surface area contributed by atoms with Crippen LogP contribution < -0.4 is 19.9 Å². The van der Waals surface area contributed by atoms with Gasteiger partial charge in [0, 0.05) is 23.0 Å². The van der Waals surface area contributed by atoms with Gasteiger partial charge in [-0.3, -0.25) is 4.79 Å². The Balaban J connectivity index is 2.30. The number of carbonyl (C=O) groups is 2. The lowest BCUT2D eigenvalue weighted by Crippen LogP contribution is -2.34. The van der Waals surface area contributed by atoms with E-state index in [-0.39, 0.29) is 6.42 Å². The monoisotopic (exact) mass is 362 g/mol. The van der Waals surface area contributed by atoms with E-state index in [4.69, 9.17) is 21.1 Å². The summed E-state index contributed by atoms with van der Waals surface area (Å²) in [6.07, 6.45) is -0.387. The van der Waals surface area contributed by atoms with E-state index in [1.54, 1.807) is 36.4 Å². The SMILES string of the molecule is COc1ccc(C(CC(=O)[O-])NC(=O)c2cccc(Cl)c2)cc1OC. The van der Waals surface area contributed by atoms with Gasteiger partial charge in [0.25, 0.3) is 5.91 Å². The van der Waals surface area contributed by atoms with Gasteiger partial charge in [-0.15, -0.1) is 0 Å². The average Bonchev–Trinajstić information content (AvgIpc) is 2.60. The molecule has 0 saturated carbocycles. The summed E-state index contributed by atoms with van der Waals surface area (Å²) in [6, 6.07) is 10.5. The molecule has 1 N–H and O–H groups in total. The van der Waals surface area contributed by atoms with Gasteiger partial charge in [0.1, 0.15) is 0 Å². The number of aliphatic carboxylic acids is 1. The van der Waals surface area contributed by atoms with Crippen molar-refractivity contribution in [3.05, 3.63) is 58.6 Å². The molecule has 25 heavy (non-hydrogen) atoms. The van der Waals surface area contributed by atoms with Gasteiger partial charge < -0.3 is 24.7 Å². The molecule has 7 heteroatoms. The molecule has 0 saturated heterocycles. The summed E-state index contributed by atoms with van der Waals surface area (Å²) in [5.74, 6) is -0.797. The van der Waals surface area contributed by atoms with Crippen molar-refractivity contribution in [1.82, 2.24) is 5.32 Å². The summed E-state index contributed by atoms with van der Waals surface area (Å²) >= 11 is 5.89. The minimum absolute atomic E-state index is 0.330. The van der Waals surface area contributed by atoms with Gasteiger partial charge in [-0.2, -0.15) is 0 Å². The van der Waals surface area contributed by atoms with E-state index in [1.165, 1.54) is 20.3 Å². The van der Waals surface area contributed by atoms with Crippen molar-refractivity contribution in [2.75, 3.05) is 14.2 Å².